The number of carbonyl (C=O) groups excluding carboxylic acids is 1. The van der Waals surface area contributed by atoms with Crippen molar-refractivity contribution in [1.29, 1.82) is 0 Å². The summed E-state index contributed by atoms with van der Waals surface area (Å²) in [4.78, 5) is 13.6. The number of hydrogen-bond donors (Lipinski definition) is 1. The number of ether oxygens (including phenoxy) is 1. The van der Waals surface area contributed by atoms with Crippen molar-refractivity contribution in [2.24, 2.45) is 0 Å². The fraction of sp³-hybridized carbons (Fsp3) is 0.562. The molecule has 4 nitrogen and oxygen atoms in total. The Morgan fingerprint density at radius 1 is 1.30 bits per heavy atom. The molecule has 1 unspecified atom stereocenters. The van der Waals surface area contributed by atoms with E-state index in [9.17, 15) is 18.0 Å². The molecule has 0 aromatic heterocycles. The van der Waals surface area contributed by atoms with Gasteiger partial charge in [0.2, 0.25) is 0 Å². The molecular weight excluding hydrogens is 309 g/mol. The van der Waals surface area contributed by atoms with Crippen LogP contribution in [-0.4, -0.2) is 36.2 Å². The first-order valence-electron chi connectivity index (χ1n) is 7.45. The number of piperazine rings is 1. The summed E-state index contributed by atoms with van der Waals surface area (Å²) in [5, 5.41) is 3.14. The van der Waals surface area contributed by atoms with E-state index in [2.05, 4.69) is 5.32 Å². The molecule has 1 saturated heterocycles. The third-order valence-corrected chi connectivity index (χ3v) is 3.44. The predicted molar refractivity (Wildman–Crippen MR) is 80.0 cm³/mol. The first kappa shape index (κ1) is 17.6. The van der Waals surface area contributed by atoms with E-state index in [1.165, 1.54) is 11.0 Å². The molecule has 1 N–H and O–H groups in total. The number of rotatable bonds is 1. The fourth-order valence-corrected chi connectivity index (χ4v) is 2.40. The van der Waals surface area contributed by atoms with Crippen LogP contribution in [0.3, 0.4) is 0 Å². The third-order valence-electron chi connectivity index (χ3n) is 3.44. The van der Waals surface area contributed by atoms with Crippen LogP contribution in [0.15, 0.2) is 24.3 Å². The van der Waals surface area contributed by atoms with Crippen molar-refractivity contribution in [3.8, 4) is 0 Å². The topological polar surface area (TPSA) is 41.6 Å². The molecule has 1 heterocycles. The van der Waals surface area contributed by atoms with Crippen LogP contribution in [-0.2, 0) is 10.9 Å². The molecule has 1 aromatic carbocycles. The Morgan fingerprint density at radius 3 is 2.61 bits per heavy atom. The summed E-state index contributed by atoms with van der Waals surface area (Å²) < 4.78 is 43.8. The van der Waals surface area contributed by atoms with E-state index in [1.54, 1.807) is 26.8 Å². The molecule has 0 bridgehead atoms. The molecule has 23 heavy (non-hydrogen) atoms. The summed E-state index contributed by atoms with van der Waals surface area (Å²) in [6.45, 7) is 6.56. The second kappa shape index (κ2) is 6.39. The Labute approximate surface area is 133 Å². The molecule has 0 spiro atoms. The molecule has 1 amide bonds. The van der Waals surface area contributed by atoms with Gasteiger partial charge < -0.3 is 15.0 Å². The van der Waals surface area contributed by atoms with E-state index in [0.29, 0.717) is 18.7 Å². The van der Waals surface area contributed by atoms with Crippen LogP contribution in [0.4, 0.5) is 18.0 Å². The van der Waals surface area contributed by atoms with Gasteiger partial charge in [0.25, 0.3) is 0 Å². The fourth-order valence-electron chi connectivity index (χ4n) is 2.40. The maximum Gasteiger partial charge on any atom is 0.416 e. The maximum atomic E-state index is 12.8. The Bertz CT molecular complexity index is 567. The number of amides is 1. The Kier molecular flexibility index (Phi) is 4.89. The highest BCUT2D eigenvalue weighted by molar-refractivity contribution is 5.68. The van der Waals surface area contributed by atoms with Crippen LogP contribution >= 0.6 is 0 Å². The van der Waals surface area contributed by atoms with Crippen molar-refractivity contribution in [2.45, 2.75) is 38.6 Å². The number of benzene rings is 1. The lowest BCUT2D eigenvalue weighted by atomic mass is 10.0. The minimum Gasteiger partial charge on any atom is -0.444 e. The minimum absolute atomic E-state index is 0.274. The van der Waals surface area contributed by atoms with Crippen LogP contribution in [0.1, 0.15) is 37.9 Å². The summed E-state index contributed by atoms with van der Waals surface area (Å²) in [6, 6.07) is 4.82. The number of hydrogen-bond acceptors (Lipinski definition) is 3. The number of carbonyl (C=O) groups is 1. The van der Waals surface area contributed by atoms with Crippen molar-refractivity contribution >= 4 is 6.09 Å². The maximum absolute atomic E-state index is 12.8. The van der Waals surface area contributed by atoms with E-state index in [0.717, 1.165) is 12.1 Å². The van der Waals surface area contributed by atoms with Gasteiger partial charge in [-0.3, -0.25) is 0 Å². The van der Waals surface area contributed by atoms with Crippen LogP contribution in [0.2, 0.25) is 0 Å². The molecule has 1 aliphatic heterocycles. The zero-order valence-corrected chi connectivity index (χ0v) is 13.4. The van der Waals surface area contributed by atoms with Crippen molar-refractivity contribution in [1.82, 2.24) is 10.2 Å². The van der Waals surface area contributed by atoms with E-state index in [-0.39, 0.29) is 12.6 Å². The summed E-state index contributed by atoms with van der Waals surface area (Å²) in [5.41, 5.74) is -0.785. The largest absolute Gasteiger partial charge is 0.444 e. The molecule has 1 aromatic rings. The van der Waals surface area contributed by atoms with Crippen molar-refractivity contribution in [3.05, 3.63) is 35.4 Å². The highest BCUT2D eigenvalue weighted by Crippen LogP contribution is 2.31. The van der Waals surface area contributed by atoms with Crippen molar-refractivity contribution in [2.75, 3.05) is 19.6 Å². The van der Waals surface area contributed by atoms with Gasteiger partial charge in [-0.05, 0) is 38.5 Å². The van der Waals surface area contributed by atoms with Gasteiger partial charge >= 0.3 is 12.3 Å². The molecule has 1 aliphatic rings. The lowest BCUT2D eigenvalue weighted by Gasteiger charge is -2.35. The van der Waals surface area contributed by atoms with E-state index in [4.69, 9.17) is 4.74 Å². The molecule has 1 atom stereocenters. The molecule has 0 radical (unpaired) electrons. The van der Waals surface area contributed by atoms with Crippen LogP contribution in [0, 0.1) is 0 Å². The predicted octanol–water partition coefficient (Wildman–Crippen LogP) is 3.59. The summed E-state index contributed by atoms with van der Waals surface area (Å²) in [6.07, 6.45) is -4.83. The molecule has 2 rings (SSSR count). The lowest BCUT2D eigenvalue weighted by molar-refractivity contribution is -0.137. The molecule has 1 fully saturated rings. The van der Waals surface area contributed by atoms with Crippen LogP contribution < -0.4 is 5.32 Å². The lowest BCUT2D eigenvalue weighted by Crippen LogP contribution is -2.49. The van der Waals surface area contributed by atoms with Crippen molar-refractivity contribution < 1.29 is 22.7 Å². The number of halogens is 3. The SMILES string of the molecule is CC(C)(C)OC(=O)N1CCNC(c2cccc(C(F)(F)F)c2)C1. The van der Waals surface area contributed by atoms with E-state index < -0.39 is 23.4 Å². The minimum atomic E-state index is -4.38. The second-order valence-corrected chi connectivity index (χ2v) is 6.56. The standard InChI is InChI=1S/C16H21F3N2O2/c1-15(2,3)23-14(22)21-8-7-20-13(10-21)11-5-4-6-12(9-11)16(17,18)19/h4-6,9,13,20H,7-8,10H2,1-3H3. The molecule has 0 aliphatic carbocycles. The monoisotopic (exact) mass is 330 g/mol. The summed E-state index contributed by atoms with van der Waals surface area (Å²) >= 11 is 0. The van der Waals surface area contributed by atoms with Gasteiger partial charge in [-0.1, -0.05) is 12.1 Å². The van der Waals surface area contributed by atoms with Crippen molar-refractivity contribution in [3.63, 3.8) is 0 Å². The molecule has 0 saturated carbocycles. The molecular formula is C16H21F3N2O2. The average Bonchev–Trinajstić information content (AvgIpc) is 2.45. The molecule has 7 heteroatoms. The smallest absolute Gasteiger partial charge is 0.416 e. The summed E-state index contributed by atoms with van der Waals surface area (Å²) in [7, 11) is 0. The second-order valence-electron chi connectivity index (χ2n) is 6.56. The Hall–Kier alpha value is -1.76. The van der Waals surface area contributed by atoms with Gasteiger partial charge in [0.05, 0.1) is 11.6 Å². The zero-order chi connectivity index (χ0) is 17.3. The highest BCUT2D eigenvalue weighted by atomic mass is 19.4. The quantitative estimate of drug-likeness (QED) is 0.856. The molecule has 128 valence electrons. The van der Waals surface area contributed by atoms with Gasteiger partial charge in [-0.15, -0.1) is 0 Å². The van der Waals surface area contributed by atoms with E-state index in [1.807, 2.05) is 0 Å². The van der Waals surface area contributed by atoms with Gasteiger partial charge in [0.1, 0.15) is 5.60 Å². The normalized spacial score (nSPS) is 19.6. The Morgan fingerprint density at radius 2 is 2.00 bits per heavy atom. The van der Waals surface area contributed by atoms with Gasteiger partial charge in [0, 0.05) is 19.6 Å². The first-order valence-corrected chi connectivity index (χ1v) is 7.45. The van der Waals surface area contributed by atoms with Gasteiger partial charge in [-0.25, -0.2) is 4.79 Å². The summed E-state index contributed by atoms with van der Waals surface area (Å²) in [5.74, 6) is 0. The van der Waals surface area contributed by atoms with Crippen LogP contribution in [0.25, 0.3) is 0 Å². The first-order chi connectivity index (χ1) is 10.6. The number of nitrogens with zero attached hydrogens (tertiary/aromatic N) is 1. The average molecular weight is 330 g/mol. The highest BCUT2D eigenvalue weighted by Gasteiger charge is 2.32. The van der Waals surface area contributed by atoms with Gasteiger partial charge in [0.15, 0.2) is 0 Å². The third kappa shape index (κ3) is 4.86. The number of nitrogens with one attached hydrogen (secondary N) is 1. The van der Waals surface area contributed by atoms with Crippen LogP contribution in [0.5, 0.6) is 0 Å². The van der Waals surface area contributed by atoms with E-state index >= 15 is 0 Å². The number of alkyl halides is 3. The van der Waals surface area contributed by atoms with Gasteiger partial charge in [-0.2, -0.15) is 13.2 Å². The Balaban J connectivity index is 2.11. The zero-order valence-electron chi connectivity index (χ0n) is 13.4.